The Morgan fingerprint density at radius 1 is 1.03 bits per heavy atom. The molecule has 0 saturated carbocycles. The van der Waals surface area contributed by atoms with Crippen molar-refractivity contribution in [1.82, 2.24) is 10.2 Å². The Labute approximate surface area is 170 Å². The predicted octanol–water partition coefficient (Wildman–Crippen LogP) is 3.67. The maximum Gasteiger partial charge on any atom is 0.310 e. The molecule has 1 saturated heterocycles. The number of nitrogens with zero attached hydrogens (tertiary/aromatic N) is 2. The number of nitrogens with one attached hydrogen (secondary N) is 1. The molecule has 0 atom stereocenters. The summed E-state index contributed by atoms with van der Waals surface area (Å²) in [5.74, 6) is -0.229. The van der Waals surface area contributed by atoms with E-state index in [0.29, 0.717) is 6.54 Å². The topological polar surface area (TPSA) is 84.7 Å². The summed E-state index contributed by atoms with van der Waals surface area (Å²) in [4.78, 5) is 25.1. The van der Waals surface area contributed by atoms with Gasteiger partial charge in [-0.25, -0.2) is 0 Å². The molecule has 1 fully saturated rings. The van der Waals surface area contributed by atoms with Gasteiger partial charge in [0.2, 0.25) is 0 Å². The average Bonchev–Trinajstić information content (AvgIpc) is 3.00. The number of nitro benzene ring substituents is 1. The van der Waals surface area contributed by atoms with E-state index >= 15 is 0 Å². The Bertz CT molecular complexity index is 832. The van der Waals surface area contributed by atoms with Crippen LogP contribution >= 0.6 is 0 Å². The van der Waals surface area contributed by atoms with E-state index in [1.807, 2.05) is 12.1 Å². The van der Waals surface area contributed by atoms with Gasteiger partial charge in [-0.2, -0.15) is 0 Å². The Hall–Kier alpha value is -2.93. The second-order valence-corrected chi connectivity index (χ2v) is 7.30. The molecule has 0 spiro atoms. The molecular weight excluding hydrogens is 370 g/mol. The first-order valence-electron chi connectivity index (χ1n) is 10.0. The molecule has 1 heterocycles. The average molecular weight is 397 g/mol. The SMILES string of the molecule is O=C(COc1ccccc1[N+](=O)[O-])NCc1cccc(CN2CCCCCC2)c1. The van der Waals surface area contributed by atoms with Crippen LogP contribution in [0.1, 0.15) is 36.8 Å². The zero-order valence-electron chi connectivity index (χ0n) is 16.5. The number of carbonyl (C=O) groups excluding carboxylic acids is 1. The van der Waals surface area contributed by atoms with Crippen LogP contribution < -0.4 is 10.1 Å². The van der Waals surface area contributed by atoms with Crippen LogP contribution in [0.15, 0.2) is 48.5 Å². The first kappa shape index (κ1) is 20.8. The fraction of sp³-hybridized carbons (Fsp3) is 0.409. The van der Waals surface area contributed by atoms with E-state index in [4.69, 9.17) is 4.74 Å². The second-order valence-electron chi connectivity index (χ2n) is 7.30. The third-order valence-electron chi connectivity index (χ3n) is 5.01. The Kier molecular flexibility index (Phi) is 7.58. The molecule has 2 aromatic carbocycles. The van der Waals surface area contributed by atoms with E-state index in [0.717, 1.165) is 25.2 Å². The minimum absolute atomic E-state index is 0.0899. The maximum atomic E-state index is 12.1. The summed E-state index contributed by atoms with van der Waals surface area (Å²) in [6.07, 6.45) is 5.15. The minimum Gasteiger partial charge on any atom is -0.477 e. The standard InChI is InChI=1S/C22H27N3O4/c26-22(17-29-21-11-4-3-10-20(21)25(27)28)23-15-18-8-7-9-19(14-18)16-24-12-5-1-2-6-13-24/h3-4,7-11,14H,1-2,5-6,12-13,15-17H2,(H,23,26). The molecule has 7 heteroatoms. The van der Waals surface area contributed by atoms with Crippen LogP contribution in [-0.4, -0.2) is 35.4 Å². The Morgan fingerprint density at radius 2 is 1.76 bits per heavy atom. The van der Waals surface area contributed by atoms with Crippen molar-refractivity contribution in [1.29, 1.82) is 0 Å². The van der Waals surface area contributed by atoms with Crippen molar-refractivity contribution in [2.75, 3.05) is 19.7 Å². The van der Waals surface area contributed by atoms with Gasteiger partial charge >= 0.3 is 5.69 Å². The van der Waals surface area contributed by atoms with E-state index in [1.165, 1.54) is 43.4 Å². The number of benzene rings is 2. The quantitative estimate of drug-likeness (QED) is 0.543. The van der Waals surface area contributed by atoms with Crippen molar-refractivity contribution >= 4 is 11.6 Å². The normalized spacial score (nSPS) is 14.8. The number of likely N-dealkylation sites (tertiary alicyclic amines) is 1. The summed E-state index contributed by atoms with van der Waals surface area (Å²) in [5.41, 5.74) is 2.12. The van der Waals surface area contributed by atoms with Crippen molar-refractivity contribution in [2.45, 2.75) is 38.8 Å². The highest BCUT2D eigenvalue weighted by molar-refractivity contribution is 5.77. The lowest BCUT2D eigenvalue weighted by atomic mass is 10.1. The van der Waals surface area contributed by atoms with Crippen LogP contribution in [0.4, 0.5) is 5.69 Å². The zero-order chi connectivity index (χ0) is 20.5. The molecule has 2 aromatic rings. The van der Waals surface area contributed by atoms with Gasteiger partial charge in [0, 0.05) is 19.2 Å². The number of hydrogen-bond donors (Lipinski definition) is 1. The maximum absolute atomic E-state index is 12.1. The van der Waals surface area contributed by atoms with Crippen LogP contribution in [0.2, 0.25) is 0 Å². The molecular formula is C22H27N3O4. The number of nitro groups is 1. The predicted molar refractivity (Wildman–Crippen MR) is 111 cm³/mol. The van der Waals surface area contributed by atoms with E-state index in [2.05, 4.69) is 22.3 Å². The fourth-order valence-electron chi connectivity index (χ4n) is 3.52. The number of para-hydroxylation sites is 2. The van der Waals surface area contributed by atoms with Gasteiger partial charge in [-0.05, 0) is 43.1 Å². The van der Waals surface area contributed by atoms with E-state index in [1.54, 1.807) is 12.1 Å². The number of rotatable bonds is 8. The molecule has 0 aliphatic carbocycles. The minimum atomic E-state index is -0.525. The molecule has 1 N–H and O–H groups in total. The third-order valence-corrected chi connectivity index (χ3v) is 5.01. The van der Waals surface area contributed by atoms with Crippen molar-refractivity contribution in [2.24, 2.45) is 0 Å². The summed E-state index contributed by atoms with van der Waals surface area (Å²) in [5, 5.41) is 13.8. The molecule has 1 amide bonds. The van der Waals surface area contributed by atoms with Crippen molar-refractivity contribution in [3.63, 3.8) is 0 Å². The lowest BCUT2D eigenvalue weighted by Gasteiger charge is -2.20. The second kappa shape index (κ2) is 10.6. The van der Waals surface area contributed by atoms with Crippen LogP contribution in [0.25, 0.3) is 0 Å². The van der Waals surface area contributed by atoms with Crippen LogP contribution in [0.5, 0.6) is 5.75 Å². The number of carbonyl (C=O) groups is 1. The van der Waals surface area contributed by atoms with Crippen LogP contribution in [0, 0.1) is 10.1 Å². The molecule has 0 bridgehead atoms. The van der Waals surface area contributed by atoms with Gasteiger partial charge in [-0.15, -0.1) is 0 Å². The van der Waals surface area contributed by atoms with E-state index in [9.17, 15) is 14.9 Å². The summed E-state index contributed by atoms with van der Waals surface area (Å²) >= 11 is 0. The van der Waals surface area contributed by atoms with Crippen molar-refractivity contribution in [3.8, 4) is 5.75 Å². The fourth-order valence-corrected chi connectivity index (χ4v) is 3.52. The number of hydrogen-bond acceptors (Lipinski definition) is 5. The molecule has 0 radical (unpaired) electrons. The Morgan fingerprint density at radius 3 is 2.52 bits per heavy atom. The summed E-state index contributed by atoms with van der Waals surface area (Å²) in [6.45, 7) is 3.35. The highest BCUT2D eigenvalue weighted by Gasteiger charge is 2.15. The smallest absolute Gasteiger partial charge is 0.310 e. The van der Waals surface area contributed by atoms with Gasteiger partial charge in [0.15, 0.2) is 12.4 Å². The van der Waals surface area contributed by atoms with Crippen molar-refractivity contribution in [3.05, 3.63) is 69.8 Å². The molecule has 7 nitrogen and oxygen atoms in total. The summed E-state index contributed by atoms with van der Waals surface area (Å²) in [6, 6.07) is 14.3. The van der Waals surface area contributed by atoms with Gasteiger partial charge in [-0.1, -0.05) is 49.2 Å². The first-order chi connectivity index (χ1) is 14.1. The summed E-state index contributed by atoms with van der Waals surface area (Å²) < 4.78 is 5.32. The molecule has 29 heavy (non-hydrogen) atoms. The zero-order valence-corrected chi connectivity index (χ0v) is 16.5. The molecule has 1 aliphatic rings. The highest BCUT2D eigenvalue weighted by atomic mass is 16.6. The molecule has 154 valence electrons. The van der Waals surface area contributed by atoms with Gasteiger partial charge in [0.1, 0.15) is 0 Å². The summed E-state index contributed by atoms with van der Waals surface area (Å²) in [7, 11) is 0. The van der Waals surface area contributed by atoms with Crippen LogP contribution in [-0.2, 0) is 17.9 Å². The van der Waals surface area contributed by atoms with Gasteiger partial charge in [0.25, 0.3) is 5.91 Å². The molecule has 0 unspecified atom stereocenters. The van der Waals surface area contributed by atoms with Crippen LogP contribution in [0.3, 0.4) is 0 Å². The lowest BCUT2D eigenvalue weighted by molar-refractivity contribution is -0.385. The molecule has 0 aromatic heterocycles. The van der Waals surface area contributed by atoms with E-state index in [-0.39, 0.29) is 24.0 Å². The van der Waals surface area contributed by atoms with Gasteiger partial charge in [-0.3, -0.25) is 19.8 Å². The van der Waals surface area contributed by atoms with Crippen molar-refractivity contribution < 1.29 is 14.5 Å². The number of amides is 1. The largest absolute Gasteiger partial charge is 0.477 e. The monoisotopic (exact) mass is 397 g/mol. The Balaban J connectivity index is 1.48. The van der Waals surface area contributed by atoms with Gasteiger partial charge < -0.3 is 10.1 Å². The highest BCUT2D eigenvalue weighted by Crippen LogP contribution is 2.25. The lowest BCUT2D eigenvalue weighted by Crippen LogP contribution is -2.28. The number of ether oxygens (including phenoxy) is 1. The molecule has 3 rings (SSSR count). The molecule has 1 aliphatic heterocycles. The van der Waals surface area contributed by atoms with E-state index < -0.39 is 4.92 Å². The van der Waals surface area contributed by atoms with Gasteiger partial charge in [0.05, 0.1) is 4.92 Å². The third kappa shape index (κ3) is 6.57. The first-order valence-corrected chi connectivity index (χ1v) is 10.0.